The fourth-order valence-electron chi connectivity index (χ4n) is 2.97. The van der Waals surface area contributed by atoms with E-state index < -0.39 is 6.04 Å². The summed E-state index contributed by atoms with van der Waals surface area (Å²) in [5.41, 5.74) is 2.67. The lowest BCUT2D eigenvalue weighted by atomic mass is 10.1. The van der Waals surface area contributed by atoms with Crippen LogP contribution in [0.4, 0.5) is 0 Å². The Hall–Kier alpha value is -2.82. The standard InChI is InChI=1S/C24H32N2O3/c1-17-11-7-9-13-20(17)15-26(19(3)23(28)25-24(4,5)6)22(27)16-29-21-14-10-8-12-18(21)2/h7-14,19H,15-16H2,1-6H3,(H,25,28)/t19-/m0/s1. The first-order valence-corrected chi connectivity index (χ1v) is 9.93. The Kier molecular flexibility index (Phi) is 7.43. The number of hydrogen-bond donors (Lipinski definition) is 1. The van der Waals surface area contributed by atoms with Gasteiger partial charge in [0.05, 0.1) is 0 Å². The average Bonchev–Trinajstić information content (AvgIpc) is 2.64. The summed E-state index contributed by atoms with van der Waals surface area (Å²) >= 11 is 0. The maximum Gasteiger partial charge on any atom is 0.261 e. The van der Waals surface area contributed by atoms with Crippen LogP contribution < -0.4 is 10.1 Å². The molecule has 1 N–H and O–H groups in total. The van der Waals surface area contributed by atoms with E-state index in [9.17, 15) is 9.59 Å². The normalized spacial score (nSPS) is 12.2. The number of benzene rings is 2. The molecule has 0 aliphatic heterocycles. The summed E-state index contributed by atoms with van der Waals surface area (Å²) in [6.45, 7) is 11.7. The molecule has 2 aromatic carbocycles. The third-order valence-electron chi connectivity index (χ3n) is 4.71. The first-order valence-electron chi connectivity index (χ1n) is 9.93. The van der Waals surface area contributed by atoms with E-state index in [-0.39, 0.29) is 24.0 Å². The fourth-order valence-corrected chi connectivity index (χ4v) is 2.97. The fraction of sp³-hybridized carbons (Fsp3) is 0.417. The molecule has 0 fully saturated rings. The smallest absolute Gasteiger partial charge is 0.261 e. The van der Waals surface area contributed by atoms with E-state index >= 15 is 0 Å². The maximum absolute atomic E-state index is 13.1. The second-order valence-electron chi connectivity index (χ2n) is 8.42. The molecule has 0 unspecified atom stereocenters. The van der Waals surface area contributed by atoms with Crippen molar-refractivity contribution in [2.75, 3.05) is 6.61 Å². The zero-order chi connectivity index (χ0) is 21.6. The lowest BCUT2D eigenvalue weighted by Crippen LogP contribution is -2.53. The lowest BCUT2D eigenvalue weighted by molar-refractivity contribution is -0.142. The van der Waals surface area contributed by atoms with Crippen LogP contribution in [0.2, 0.25) is 0 Å². The Morgan fingerprint density at radius 1 is 1.00 bits per heavy atom. The number of hydrogen-bond acceptors (Lipinski definition) is 3. The quantitative estimate of drug-likeness (QED) is 0.769. The Bertz CT molecular complexity index is 855. The van der Waals surface area contributed by atoms with Gasteiger partial charge < -0.3 is 15.0 Å². The molecule has 156 valence electrons. The first-order chi connectivity index (χ1) is 13.6. The van der Waals surface area contributed by atoms with Crippen LogP contribution >= 0.6 is 0 Å². The summed E-state index contributed by atoms with van der Waals surface area (Å²) in [4.78, 5) is 27.4. The number of nitrogens with one attached hydrogen (secondary N) is 1. The molecule has 0 saturated carbocycles. The summed E-state index contributed by atoms with van der Waals surface area (Å²) in [5, 5.41) is 2.96. The molecule has 0 heterocycles. The summed E-state index contributed by atoms with van der Waals surface area (Å²) in [5.74, 6) is 0.256. The molecule has 2 amide bonds. The van der Waals surface area contributed by atoms with Gasteiger partial charge in [0, 0.05) is 12.1 Å². The van der Waals surface area contributed by atoms with Gasteiger partial charge >= 0.3 is 0 Å². The lowest BCUT2D eigenvalue weighted by Gasteiger charge is -2.31. The van der Waals surface area contributed by atoms with Crippen molar-refractivity contribution in [3.63, 3.8) is 0 Å². The highest BCUT2D eigenvalue weighted by molar-refractivity contribution is 5.88. The molecule has 2 rings (SSSR count). The summed E-state index contributed by atoms with van der Waals surface area (Å²) in [6.07, 6.45) is 0. The molecule has 29 heavy (non-hydrogen) atoms. The van der Waals surface area contributed by atoms with E-state index in [1.54, 1.807) is 11.8 Å². The minimum atomic E-state index is -0.623. The van der Waals surface area contributed by atoms with Gasteiger partial charge in [0.15, 0.2) is 6.61 Å². The van der Waals surface area contributed by atoms with Gasteiger partial charge in [-0.15, -0.1) is 0 Å². The second-order valence-corrected chi connectivity index (χ2v) is 8.42. The highest BCUT2D eigenvalue weighted by atomic mass is 16.5. The number of ether oxygens (including phenoxy) is 1. The third-order valence-corrected chi connectivity index (χ3v) is 4.71. The van der Waals surface area contributed by atoms with E-state index in [0.29, 0.717) is 12.3 Å². The van der Waals surface area contributed by atoms with Crippen molar-refractivity contribution >= 4 is 11.8 Å². The van der Waals surface area contributed by atoms with Crippen molar-refractivity contribution in [2.24, 2.45) is 0 Å². The predicted molar refractivity (Wildman–Crippen MR) is 116 cm³/mol. The Labute approximate surface area is 174 Å². The number of carbonyl (C=O) groups excluding carboxylic acids is 2. The van der Waals surface area contributed by atoms with Gasteiger partial charge in [0.1, 0.15) is 11.8 Å². The van der Waals surface area contributed by atoms with Gasteiger partial charge in [-0.3, -0.25) is 9.59 Å². The molecule has 0 aliphatic carbocycles. The Balaban J connectivity index is 2.20. The molecule has 1 atom stereocenters. The topological polar surface area (TPSA) is 58.6 Å². The van der Waals surface area contributed by atoms with Crippen LogP contribution in [0.15, 0.2) is 48.5 Å². The third kappa shape index (κ3) is 6.63. The Morgan fingerprint density at radius 3 is 2.17 bits per heavy atom. The van der Waals surface area contributed by atoms with Crippen LogP contribution in [-0.2, 0) is 16.1 Å². The van der Waals surface area contributed by atoms with Crippen LogP contribution in [0.5, 0.6) is 5.75 Å². The molecular weight excluding hydrogens is 364 g/mol. The minimum Gasteiger partial charge on any atom is -0.484 e. The molecule has 2 aromatic rings. The highest BCUT2D eigenvalue weighted by Gasteiger charge is 2.29. The van der Waals surface area contributed by atoms with Gasteiger partial charge in [-0.05, 0) is 64.3 Å². The van der Waals surface area contributed by atoms with Crippen molar-refractivity contribution in [1.82, 2.24) is 10.2 Å². The van der Waals surface area contributed by atoms with Crippen molar-refractivity contribution in [1.29, 1.82) is 0 Å². The summed E-state index contributed by atoms with van der Waals surface area (Å²) in [7, 11) is 0. The molecule has 0 saturated heterocycles. The van der Waals surface area contributed by atoms with E-state index in [4.69, 9.17) is 4.74 Å². The zero-order valence-electron chi connectivity index (χ0n) is 18.3. The van der Waals surface area contributed by atoms with Gasteiger partial charge in [-0.1, -0.05) is 42.5 Å². The predicted octanol–water partition coefficient (Wildman–Crippen LogP) is 4.01. The summed E-state index contributed by atoms with van der Waals surface area (Å²) in [6, 6.07) is 14.8. The zero-order valence-corrected chi connectivity index (χ0v) is 18.3. The van der Waals surface area contributed by atoms with Crippen LogP contribution in [0.25, 0.3) is 0 Å². The van der Waals surface area contributed by atoms with Gasteiger partial charge in [0.25, 0.3) is 5.91 Å². The van der Waals surface area contributed by atoms with Crippen LogP contribution in [0, 0.1) is 13.8 Å². The maximum atomic E-state index is 13.1. The molecule has 0 bridgehead atoms. The number of para-hydroxylation sites is 1. The van der Waals surface area contributed by atoms with Gasteiger partial charge in [-0.2, -0.15) is 0 Å². The number of nitrogens with zero attached hydrogens (tertiary/aromatic N) is 1. The van der Waals surface area contributed by atoms with Crippen LogP contribution in [0.1, 0.15) is 44.4 Å². The van der Waals surface area contributed by atoms with Crippen molar-refractivity contribution in [3.05, 3.63) is 65.2 Å². The molecule has 0 aliphatic rings. The minimum absolute atomic E-state index is 0.121. The van der Waals surface area contributed by atoms with E-state index in [1.807, 2.05) is 83.1 Å². The highest BCUT2D eigenvalue weighted by Crippen LogP contribution is 2.18. The first kappa shape index (κ1) is 22.5. The summed E-state index contributed by atoms with van der Waals surface area (Å²) < 4.78 is 5.76. The van der Waals surface area contributed by atoms with E-state index in [0.717, 1.165) is 16.7 Å². The number of rotatable bonds is 7. The van der Waals surface area contributed by atoms with Crippen molar-refractivity contribution in [2.45, 2.75) is 59.7 Å². The van der Waals surface area contributed by atoms with E-state index in [1.165, 1.54) is 0 Å². The monoisotopic (exact) mass is 396 g/mol. The second kappa shape index (κ2) is 9.59. The number of amides is 2. The SMILES string of the molecule is Cc1ccccc1CN(C(=O)COc1ccccc1C)[C@@H](C)C(=O)NC(C)(C)C. The number of carbonyl (C=O) groups is 2. The molecule has 0 spiro atoms. The van der Waals surface area contributed by atoms with Crippen molar-refractivity contribution in [3.8, 4) is 5.75 Å². The van der Waals surface area contributed by atoms with Crippen LogP contribution in [-0.4, -0.2) is 34.9 Å². The Morgan fingerprint density at radius 2 is 1.59 bits per heavy atom. The molecule has 0 aromatic heterocycles. The van der Waals surface area contributed by atoms with Crippen LogP contribution in [0.3, 0.4) is 0 Å². The van der Waals surface area contributed by atoms with Gasteiger partial charge in [0.2, 0.25) is 5.91 Å². The number of aryl methyl sites for hydroxylation is 2. The molecule has 5 nitrogen and oxygen atoms in total. The van der Waals surface area contributed by atoms with Gasteiger partial charge in [-0.25, -0.2) is 0 Å². The van der Waals surface area contributed by atoms with E-state index in [2.05, 4.69) is 5.32 Å². The molecule has 0 radical (unpaired) electrons. The largest absolute Gasteiger partial charge is 0.484 e. The molecular formula is C24H32N2O3. The molecule has 5 heteroatoms. The van der Waals surface area contributed by atoms with Crippen molar-refractivity contribution < 1.29 is 14.3 Å². The average molecular weight is 397 g/mol.